The first-order valence-corrected chi connectivity index (χ1v) is 56.6. The molecule has 23 atom stereocenters. The lowest BCUT2D eigenvalue weighted by molar-refractivity contribution is 0.283. The van der Waals surface area contributed by atoms with Crippen LogP contribution in [0, 0.1) is 23.7 Å². The monoisotopic (exact) mass is 1880 g/mol. The SMILES string of the molecule is CCC(CC1OC1CCCC(C)CCC(C)c1ccccc1)c1ccccc1.CCC(CCC(C)CCC1OC1(C)CCC(C)c1ccccc1)c1ccccc1.CCC(CCC1OC1CC(CC)c1ccccc1)CC(C)c1ccccc1.CCC(CCCCCC(CC(C)c1ccccc1)C1CO1)c1ccccc1.CCC(CCCCCC1OC1(C)CCC(C)c1ccccc1)c1ccccc1. The lowest BCUT2D eigenvalue weighted by Crippen LogP contribution is -2.12. The van der Waals surface area contributed by atoms with Crippen molar-refractivity contribution in [3.8, 4) is 0 Å². The molecule has 0 spiro atoms. The molecule has 0 radical (unpaired) electrons. The predicted molar refractivity (Wildman–Crippen MR) is 595 cm³/mol. The largest absolute Gasteiger partial charge is 0.373 e. The Kier molecular flexibility index (Phi) is 49.0. The maximum absolute atomic E-state index is 6.16. The fraction of sp³-hybridized carbons (Fsp3) is 0.552. The van der Waals surface area contributed by atoms with Gasteiger partial charge < -0.3 is 23.7 Å². The summed E-state index contributed by atoms with van der Waals surface area (Å²) < 4.78 is 30.0. The first-order chi connectivity index (χ1) is 67.8. The molecule has 754 valence electrons. The second-order valence-corrected chi connectivity index (χ2v) is 44.1. The van der Waals surface area contributed by atoms with Crippen molar-refractivity contribution in [2.24, 2.45) is 23.7 Å². The average Bonchev–Trinajstić information content (AvgIpc) is 1.62. The molecule has 5 nitrogen and oxygen atoms in total. The van der Waals surface area contributed by atoms with Crippen molar-refractivity contribution in [2.45, 2.75) is 442 Å². The molecule has 5 saturated heterocycles. The van der Waals surface area contributed by atoms with Crippen LogP contribution in [0.15, 0.2) is 303 Å². The molecule has 5 heteroatoms. The summed E-state index contributed by atoms with van der Waals surface area (Å²) in [6, 6.07) is 110. The van der Waals surface area contributed by atoms with Crippen LogP contribution in [0.2, 0.25) is 0 Å². The van der Waals surface area contributed by atoms with Gasteiger partial charge in [0.25, 0.3) is 0 Å². The zero-order valence-electron chi connectivity index (χ0n) is 89.5. The van der Waals surface area contributed by atoms with Gasteiger partial charge in [0.1, 0.15) is 0 Å². The Morgan fingerprint density at radius 1 is 0.252 bits per heavy atom. The zero-order chi connectivity index (χ0) is 98.2. The van der Waals surface area contributed by atoms with E-state index >= 15 is 0 Å². The number of rotatable bonds is 59. The van der Waals surface area contributed by atoms with Crippen LogP contribution in [0.4, 0.5) is 0 Å². The second kappa shape index (κ2) is 61.2. The van der Waals surface area contributed by atoms with Gasteiger partial charge in [-0.1, -0.05) is 464 Å². The van der Waals surface area contributed by atoms with Crippen molar-refractivity contribution < 1.29 is 23.7 Å². The second-order valence-electron chi connectivity index (χ2n) is 44.1. The number of hydrogen-bond donors (Lipinski definition) is 0. The molecule has 15 rings (SSSR count). The Morgan fingerprint density at radius 2 is 0.561 bits per heavy atom. The molecule has 0 saturated carbocycles. The van der Waals surface area contributed by atoms with E-state index in [2.05, 4.69) is 407 Å². The number of hydrogen-bond acceptors (Lipinski definition) is 5. The van der Waals surface area contributed by atoms with Crippen molar-refractivity contribution in [3.63, 3.8) is 0 Å². The molecule has 5 aliphatic heterocycles. The van der Waals surface area contributed by atoms with Gasteiger partial charge in [0.2, 0.25) is 0 Å². The molecule has 5 heterocycles. The minimum Gasteiger partial charge on any atom is -0.373 e. The van der Waals surface area contributed by atoms with Gasteiger partial charge in [0, 0.05) is 0 Å². The van der Waals surface area contributed by atoms with Gasteiger partial charge in [-0.2, -0.15) is 0 Å². The minimum atomic E-state index is 0.124. The molecule has 5 fully saturated rings. The van der Waals surface area contributed by atoms with Gasteiger partial charge in [0.15, 0.2) is 0 Å². The minimum absolute atomic E-state index is 0.124. The zero-order valence-corrected chi connectivity index (χ0v) is 89.5. The van der Waals surface area contributed by atoms with Gasteiger partial charge in [-0.25, -0.2) is 0 Å². The number of ether oxygens (including phenoxy) is 5. The van der Waals surface area contributed by atoms with Crippen molar-refractivity contribution in [2.75, 3.05) is 6.61 Å². The van der Waals surface area contributed by atoms with E-state index in [1.807, 2.05) is 0 Å². The third-order valence-electron chi connectivity index (χ3n) is 33.3. The molecule has 10 aromatic carbocycles. The summed E-state index contributed by atoms with van der Waals surface area (Å²) in [4.78, 5) is 0. The highest BCUT2D eigenvalue weighted by molar-refractivity contribution is 5.28. The van der Waals surface area contributed by atoms with E-state index in [4.69, 9.17) is 23.7 Å². The van der Waals surface area contributed by atoms with Gasteiger partial charge in [-0.3, -0.25) is 0 Å². The maximum Gasteiger partial charge on any atom is 0.0920 e. The molecule has 0 N–H and O–H groups in total. The van der Waals surface area contributed by atoms with Crippen molar-refractivity contribution >= 4 is 0 Å². The Balaban J connectivity index is 0.000000166. The Bertz CT molecular complexity index is 4750. The quantitative estimate of drug-likeness (QED) is 0.0281. The molecule has 139 heavy (non-hydrogen) atoms. The summed E-state index contributed by atoms with van der Waals surface area (Å²) >= 11 is 0. The third kappa shape index (κ3) is 39.9. The van der Waals surface area contributed by atoms with Gasteiger partial charge >= 0.3 is 0 Å². The lowest BCUT2D eigenvalue weighted by Gasteiger charge is -2.20. The van der Waals surface area contributed by atoms with Crippen molar-refractivity contribution in [1.29, 1.82) is 0 Å². The lowest BCUT2D eigenvalue weighted by atomic mass is 9.85. The van der Waals surface area contributed by atoms with E-state index in [0.29, 0.717) is 90.1 Å². The van der Waals surface area contributed by atoms with E-state index < -0.39 is 0 Å². The van der Waals surface area contributed by atoms with E-state index in [9.17, 15) is 0 Å². The van der Waals surface area contributed by atoms with Crippen LogP contribution in [0.3, 0.4) is 0 Å². The highest BCUT2D eigenvalue weighted by Crippen LogP contribution is 2.48. The molecule has 5 aliphatic rings. The number of epoxide rings is 5. The smallest absolute Gasteiger partial charge is 0.0920 e. The summed E-state index contributed by atoms with van der Waals surface area (Å²) in [5, 5.41) is 0. The Labute approximate surface area is 849 Å². The molecular formula is C134H188O5. The van der Waals surface area contributed by atoms with Crippen LogP contribution in [0.25, 0.3) is 0 Å². The summed E-state index contributed by atoms with van der Waals surface area (Å²) in [6.07, 6.45) is 48.0. The summed E-state index contributed by atoms with van der Waals surface area (Å²) in [5.41, 5.74) is 15.1. The van der Waals surface area contributed by atoms with E-state index in [1.54, 1.807) is 0 Å². The van der Waals surface area contributed by atoms with Crippen molar-refractivity contribution in [3.05, 3.63) is 359 Å². The topological polar surface area (TPSA) is 62.6 Å². The molecule has 0 bridgehead atoms. The highest BCUT2D eigenvalue weighted by atomic mass is 16.6. The summed E-state index contributed by atoms with van der Waals surface area (Å²) in [5.74, 6) is 9.76. The maximum atomic E-state index is 6.16. The third-order valence-corrected chi connectivity index (χ3v) is 33.3. The fourth-order valence-electron chi connectivity index (χ4n) is 22.7. The van der Waals surface area contributed by atoms with Gasteiger partial charge in [0.05, 0.1) is 60.5 Å². The van der Waals surface area contributed by atoms with Gasteiger partial charge in [-0.15, -0.1) is 0 Å². The predicted octanol–water partition coefficient (Wildman–Crippen LogP) is 38.4. The number of unbranched alkanes of at least 4 members (excludes halogenated alkanes) is 4. The first kappa shape index (κ1) is 111. The Morgan fingerprint density at radius 3 is 0.935 bits per heavy atom. The molecule has 23 unspecified atom stereocenters. The molecule has 0 amide bonds. The van der Waals surface area contributed by atoms with Crippen LogP contribution in [-0.4, -0.2) is 60.5 Å². The van der Waals surface area contributed by atoms with Crippen LogP contribution in [-0.2, 0) is 23.7 Å². The average molecular weight is 1880 g/mol. The first-order valence-electron chi connectivity index (χ1n) is 56.6. The van der Waals surface area contributed by atoms with E-state index in [0.717, 1.165) is 42.1 Å². The van der Waals surface area contributed by atoms with Crippen LogP contribution < -0.4 is 0 Å². The molecular weight excluding hydrogens is 1690 g/mol. The van der Waals surface area contributed by atoms with Crippen LogP contribution >= 0.6 is 0 Å². The fourth-order valence-corrected chi connectivity index (χ4v) is 22.7. The van der Waals surface area contributed by atoms with Crippen molar-refractivity contribution in [1.82, 2.24) is 0 Å². The summed E-state index contributed by atoms with van der Waals surface area (Å²) in [7, 11) is 0. The molecule has 0 aromatic heterocycles. The normalized spacial score (nSPS) is 22.2. The van der Waals surface area contributed by atoms with E-state index in [1.165, 1.54) is 280 Å². The molecule has 10 aromatic rings. The van der Waals surface area contributed by atoms with Crippen LogP contribution in [0.5, 0.6) is 0 Å². The van der Waals surface area contributed by atoms with E-state index in [-0.39, 0.29) is 11.2 Å². The van der Waals surface area contributed by atoms with Gasteiger partial charge in [-0.05, 0) is 306 Å². The van der Waals surface area contributed by atoms with Crippen LogP contribution in [0.1, 0.15) is 443 Å². The summed E-state index contributed by atoms with van der Waals surface area (Å²) in [6.45, 7) is 36.2. The Hall–Kier alpha value is -8.00. The number of benzene rings is 10. The highest BCUT2D eigenvalue weighted by Gasteiger charge is 2.52. The molecule has 0 aliphatic carbocycles. The standard InChI is InChI=1S/C28H40O.2C27H38O.2C26H36O/c1-5-24(26-14-10-7-11-15-26)18-16-22(2)17-19-27-28(4,29-27)21-20-23(3)25-12-8-6-9-13-25;1-4-23(25-17-11-6-12-18-25)14-8-7-13-19-26-27(3,28-26)21-20-22(2)24-15-9-5-10-16-24;1-4-23(25-15-9-6-10-16-25)20-27-26(28-27)17-11-12-21(2)18-19-22(3)24-13-7-5-8-14-24;1-4-21(18-20(3)23-12-8-6-9-13-23)16-17-25-26(27-25)19-22(5-2)24-14-10-7-11-15-24;1-3-22(24-16-10-6-11-17-24)13-7-4-12-18-25(26-20-27-26)19-21(2)23-14-8-5-9-15-23/h6-15,22-24,27H,5,16-21H2,1-4H3;5-6,9-12,15-18,22-23,26H,4,7-8,13-14,19-21H2,1-3H3;5-10,13-16,21-23,26-27H,4,11-12,17-20H2,1-3H3;6-15,20-22,25-26H,4-5,16-19H2,1-3H3;5-6,8-11,14-17,21-22,25-26H,3-4,7,12-13,18-20H2,1-2H3.